The number of amides is 1. The van der Waals surface area contributed by atoms with Crippen LogP contribution >= 0.6 is 0 Å². The van der Waals surface area contributed by atoms with Crippen LogP contribution in [0.25, 0.3) is 0 Å². The van der Waals surface area contributed by atoms with Gasteiger partial charge in [-0.25, -0.2) is 0 Å². The first kappa shape index (κ1) is 6.74. The Bertz CT molecular complexity index is 137. The molecule has 4 heteroatoms. The van der Waals surface area contributed by atoms with Gasteiger partial charge in [0.05, 0.1) is 0 Å². The summed E-state index contributed by atoms with van der Waals surface area (Å²) in [5, 5.41) is 2.60. The molecule has 1 aliphatic rings. The summed E-state index contributed by atoms with van der Waals surface area (Å²) in [5.41, 5.74) is 0. The molecule has 0 spiro atoms. The molecule has 3 nitrogen and oxygen atoms in total. The molecule has 1 fully saturated rings. The van der Waals surface area contributed by atoms with Crippen LogP contribution in [0.3, 0.4) is 0 Å². The minimum absolute atomic E-state index is 0.170. The lowest BCUT2D eigenvalue weighted by molar-refractivity contribution is -0.110. The molecule has 1 saturated heterocycles. The van der Waals surface area contributed by atoms with Crippen LogP contribution < -0.4 is 5.32 Å². The van der Waals surface area contributed by atoms with Gasteiger partial charge in [0.2, 0.25) is 6.41 Å². The number of hydrogen-bond donors (Lipinski definition) is 1. The third-order valence-corrected chi connectivity index (χ3v) is 2.85. The van der Waals surface area contributed by atoms with Crippen molar-refractivity contribution >= 4 is 17.2 Å². The minimum Gasteiger partial charge on any atom is -0.355 e. The van der Waals surface area contributed by atoms with E-state index in [2.05, 4.69) is 5.32 Å². The monoisotopic (exact) mass is 147 g/mol. The van der Waals surface area contributed by atoms with Crippen molar-refractivity contribution in [2.75, 3.05) is 11.5 Å². The van der Waals surface area contributed by atoms with Crippen molar-refractivity contribution in [3.8, 4) is 0 Å². The van der Waals surface area contributed by atoms with Gasteiger partial charge in [0.25, 0.3) is 0 Å². The molecular weight excluding hydrogens is 138 g/mol. The zero-order valence-corrected chi connectivity index (χ0v) is 5.82. The van der Waals surface area contributed by atoms with Gasteiger partial charge in [-0.15, -0.1) is 0 Å². The lowest BCUT2D eigenvalue weighted by Gasteiger charge is -2.02. The maximum absolute atomic E-state index is 10.7. The van der Waals surface area contributed by atoms with Crippen LogP contribution in [0, 0.1) is 0 Å². The highest BCUT2D eigenvalue weighted by Gasteiger charge is 2.19. The van der Waals surface area contributed by atoms with E-state index in [9.17, 15) is 9.00 Å². The molecule has 1 rings (SSSR count). The molecule has 0 radical (unpaired) electrons. The van der Waals surface area contributed by atoms with E-state index < -0.39 is 10.8 Å². The molecule has 0 aromatic rings. The zero-order chi connectivity index (χ0) is 6.69. The van der Waals surface area contributed by atoms with Crippen molar-refractivity contribution in [1.82, 2.24) is 5.32 Å². The average molecular weight is 147 g/mol. The van der Waals surface area contributed by atoms with Crippen LogP contribution in [0.4, 0.5) is 0 Å². The Balaban J connectivity index is 2.29. The normalized spacial score (nSPS) is 34.2. The molecule has 0 saturated carbocycles. The first-order chi connectivity index (χ1) is 4.33. The highest BCUT2D eigenvalue weighted by atomic mass is 32.2. The summed E-state index contributed by atoms with van der Waals surface area (Å²) in [6.45, 7) is 0. The first-order valence-corrected chi connectivity index (χ1v) is 4.36. The molecule has 2 atom stereocenters. The van der Waals surface area contributed by atoms with Crippen LogP contribution in [-0.2, 0) is 15.6 Å². The zero-order valence-electron chi connectivity index (χ0n) is 5.00. The van der Waals surface area contributed by atoms with E-state index in [0.29, 0.717) is 12.2 Å². The summed E-state index contributed by atoms with van der Waals surface area (Å²) in [4.78, 5) is 9.86. The lowest BCUT2D eigenvalue weighted by Crippen LogP contribution is -2.27. The smallest absolute Gasteiger partial charge is 0.207 e. The molecule has 0 aliphatic carbocycles. The number of nitrogens with one attached hydrogen (secondary N) is 1. The Hall–Kier alpha value is -0.380. The Labute approximate surface area is 56.3 Å². The van der Waals surface area contributed by atoms with Crippen LogP contribution in [0.1, 0.15) is 6.42 Å². The maximum Gasteiger partial charge on any atom is 0.207 e. The average Bonchev–Trinajstić information content (AvgIpc) is 2.17. The summed E-state index contributed by atoms with van der Waals surface area (Å²) in [5.74, 6) is 1.38. The largest absolute Gasteiger partial charge is 0.355 e. The number of rotatable bonds is 2. The Morgan fingerprint density at radius 1 is 1.67 bits per heavy atom. The molecule has 2 unspecified atom stereocenters. The van der Waals surface area contributed by atoms with Crippen molar-refractivity contribution in [3.63, 3.8) is 0 Å². The minimum atomic E-state index is -0.676. The van der Waals surface area contributed by atoms with Gasteiger partial charge in [0.1, 0.15) is 0 Å². The van der Waals surface area contributed by atoms with E-state index in [1.807, 2.05) is 0 Å². The van der Waals surface area contributed by atoms with Crippen LogP contribution in [0.2, 0.25) is 0 Å². The second-order valence-electron chi connectivity index (χ2n) is 2.08. The predicted molar refractivity (Wildman–Crippen MR) is 35.5 cm³/mol. The van der Waals surface area contributed by atoms with Gasteiger partial charge in [-0.2, -0.15) is 0 Å². The second kappa shape index (κ2) is 2.96. The molecule has 1 amide bonds. The van der Waals surface area contributed by atoms with Gasteiger partial charge in [0.15, 0.2) is 0 Å². The Morgan fingerprint density at radius 2 is 2.44 bits per heavy atom. The first-order valence-electron chi connectivity index (χ1n) is 2.87. The van der Waals surface area contributed by atoms with Gasteiger partial charge in [-0.3, -0.25) is 9.00 Å². The van der Waals surface area contributed by atoms with Gasteiger partial charge < -0.3 is 5.32 Å². The fraction of sp³-hybridized carbons (Fsp3) is 0.800. The predicted octanol–water partition coefficient (Wildman–Crippen LogP) is -0.747. The van der Waals surface area contributed by atoms with E-state index in [4.69, 9.17) is 0 Å². The van der Waals surface area contributed by atoms with Crippen molar-refractivity contribution in [3.05, 3.63) is 0 Å². The van der Waals surface area contributed by atoms with Crippen molar-refractivity contribution in [2.45, 2.75) is 12.5 Å². The number of carbonyl (C=O) groups excluding carboxylic acids is 1. The van der Waals surface area contributed by atoms with Crippen molar-refractivity contribution in [1.29, 1.82) is 0 Å². The third kappa shape index (κ3) is 1.78. The van der Waals surface area contributed by atoms with E-state index in [-0.39, 0.29) is 6.04 Å². The van der Waals surface area contributed by atoms with Crippen LogP contribution in [0.5, 0.6) is 0 Å². The van der Waals surface area contributed by atoms with Gasteiger partial charge in [-0.05, 0) is 6.42 Å². The Morgan fingerprint density at radius 3 is 2.89 bits per heavy atom. The Kier molecular flexibility index (Phi) is 2.22. The van der Waals surface area contributed by atoms with Gasteiger partial charge in [0, 0.05) is 28.3 Å². The van der Waals surface area contributed by atoms with E-state index in [1.54, 1.807) is 0 Å². The van der Waals surface area contributed by atoms with Crippen molar-refractivity contribution in [2.24, 2.45) is 0 Å². The summed E-state index contributed by atoms with van der Waals surface area (Å²) >= 11 is 0. The molecule has 0 aromatic heterocycles. The van der Waals surface area contributed by atoms with E-state index in [1.165, 1.54) is 0 Å². The van der Waals surface area contributed by atoms with Gasteiger partial charge >= 0.3 is 0 Å². The summed E-state index contributed by atoms with van der Waals surface area (Å²) in [7, 11) is -0.676. The van der Waals surface area contributed by atoms with Crippen molar-refractivity contribution < 1.29 is 9.00 Å². The number of hydrogen-bond acceptors (Lipinski definition) is 2. The fourth-order valence-corrected chi connectivity index (χ4v) is 2.32. The quantitative estimate of drug-likeness (QED) is 0.522. The third-order valence-electron chi connectivity index (χ3n) is 1.38. The molecule has 52 valence electrons. The molecule has 9 heavy (non-hydrogen) atoms. The maximum atomic E-state index is 10.7. The standard InChI is InChI=1S/C5H9NO2S/c7-4-6-5-1-2-9(8)3-5/h4-5H,1-3H2,(H,6,7). The topological polar surface area (TPSA) is 46.2 Å². The molecule has 0 bridgehead atoms. The van der Waals surface area contributed by atoms with E-state index in [0.717, 1.165) is 12.2 Å². The molecule has 1 N–H and O–H groups in total. The molecule has 0 aromatic carbocycles. The van der Waals surface area contributed by atoms with Gasteiger partial charge in [-0.1, -0.05) is 0 Å². The molecule has 1 aliphatic heterocycles. The lowest BCUT2D eigenvalue weighted by atomic mass is 10.3. The second-order valence-corrected chi connectivity index (χ2v) is 3.70. The summed E-state index contributed by atoms with van der Waals surface area (Å²) in [6, 6.07) is 0.170. The SMILES string of the molecule is O=CNC1CCS(=O)C1. The fourth-order valence-electron chi connectivity index (χ4n) is 0.892. The summed E-state index contributed by atoms with van der Waals surface area (Å²) < 4.78 is 10.7. The highest BCUT2D eigenvalue weighted by molar-refractivity contribution is 7.85. The molecule has 1 heterocycles. The summed E-state index contributed by atoms with van der Waals surface area (Å²) in [6.07, 6.45) is 1.54. The van der Waals surface area contributed by atoms with E-state index >= 15 is 0 Å². The van der Waals surface area contributed by atoms with Crippen LogP contribution in [0.15, 0.2) is 0 Å². The van der Waals surface area contributed by atoms with Crippen LogP contribution in [-0.4, -0.2) is 28.2 Å². The number of carbonyl (C=O) groups is 1. The highest BCUT2D eigenvalue weighted by Crippen LogP contribution is 2.05. The molecular formula is C5H9NO2S.